The normalized spacial score (nSPS) is 12.1. The zero-order valence-electron chi connectivity index (χ0n) is 14.5. The number of rotatable bonds is 7. The second kappa shape index (κ2) is 8.72. The Labute approximate surface area is 161 Å². The van der Waals surface area contributed by atoms with Crippen LogP contribution in [0.5, 0.6) is 0 Å². The second-order valence-corrected chi connectivity index (χ2v) is 6.02. The first-order valence-corrected chi connectivity index (χ1v) is 8.21. The molecule has 0 radical (unpaired) electrons. The molecule has 0 aliphatic carbocycles. The molecule has 0 unspecified atom stereocenters. The lowest BCUT2D eigenvalue weighted by molar-refractivity contribution is -0.118. The Bertz CT molecular complexity index is 895. The largest absolute Gasteiger partial charge is 0.402 e. The number of hydrogen-bond donors (Lipinski definition) is 5. The summed E-state index contributed by atoms with van der Waals surface area (Å²) in [5, 5.41) is 5.64. The average molecular weight is 385 g/mol. The molecule has 27 heavy (non-hydrogen) atoms. The fraction of sp³-hybridized carbons (Fsp3) is 0.118. The molecule has 1 atom stereocenters. The molecule has 1 aromatic carbocycles. The highest BCUT2D eigenvalue weighted by atomic mass is 32.1. The Morgan fingerprint density at radius 3 is 2.41 bits per heavy atom. The van der Waals surface area contributed by atoms with E-state index in [-0.39, 0.29) is 22.3 Å². The van der Waals surface area contributed by atoms with E-state index >= 15 is 0 Å². The van der Waals surface area contributed by atoms with Crippen molar-refractivity contribution in [2.24, 2.45) is 17.2 Å². The van der Waals surface area contributed by atoms with Crippen molar-refractivity contribution in [3.8, 4) is 0 Å². The summed E-state index contributed by atoms with van der Waals surface area (Å²) < 4.78 is 0. The number of anilines is 2. The van der Waals surface area contributed by atoms with Crippen LogP contribution in [0, 0.1) is 0 Å². The first-order chi connectivity index (χ1) is 12.8. The van der Waals surface area contributed by atoms with E-state index in [4.69, 9.17) is 29.4 Å². The summed E-state index contributed by atoms with van der Waals surface area (Å²) in [5.41, 5.74) is 17.4. The van der Waals surface area contributed by atoms with Crippen molar-refractivity contribution >= 4 is 40.7 Å². The number of primary amides is 2. The summed E-state index contributed by atoms with van der Waals surface area (Å²) in [7, 11) is 0. The molecule has 2 rings (SSSR count). The van der Waals surface area contributed by atoms with E-state index in [9.17, 15) is 9.59 Å². The minimum atomic E-state index is -0.842. The molecule has 1 aromatic heterocycles. The Balaban J connectivity index is 2.35. The highest BCUT2D eigenvalue weighted by molar-refractivity contribution is 7.81. The van der Waals surface area contributed by atoms with Crippen molar-refractivity contribution in [3.63, 3.8) is 0 Å². The highest BCUT2D eigenvalue weighted by Crippen LogP contribution is 2.20. The molecule has 0 saturated heterocycles. The van der Waals surface area contributed by atoms with E-state index < -0.39 is 17.9 Å². The number of carbonyl (C=O) groups excluding carboxylic acids is 2. The van der Waals surface area contributed by atoms with Crippen LogP contribution < -0.4 is 27.8 Å². The third-order valence-electron chi connectivity index (χ3n) is 3.32. The lowest BCUT2D eigenvalue weighted by Crippen LogP contribution is -2.28. The number of nitrogens with two attached hydrogens (primary N) is 3. The third kappa shape index (κ3) is 5.47. The highest BCUT2D eigenvalue weighted by Gasteiger charge is 2.20. The van der Waals surface area contributed by atoms with Crippen LogP contribution in [0.2, 0.25) is 0 Å². The van der Waals surface area contributed by atoms with Crippen LogP contribution >= 0.6 is 12.2 Å². The predicted molar refractivity (Wildman–Crippen MR) is 107 cm³/mol. The van der Waals surface area contributed by atoms with Gasteiger partial charge >= 0.3 is 0 Å². The van der Waals surface area contributed by atoms with Gasteiger partial charge in [-0.05, 0) is 18.6 Å². The molecule has 0 spiro atoms. The Kier molecular flexibility index (Phi) is 6.39. The van der Waals surface area contributed by atoms with Crippen LogP contribution in [0.4, 0.5) is 11.6 Å². The predicted octanol–water partition coefficient (Wildman–Crippen LogP) is 0.816. The molecule has 1 heterocycles. The second-order valence-electron chi connectivity index (χ2n) is 5.58. The maximum Gasteiger partial charge on any atom is 0.271 e. The maximum absolute atomic E-state index is 11.8. The van der Waals surface area contributed by atoms with E-state index in [1.54, 1.807) is 31.2 Å². The molecular formula is C17H19N7O2S. The minimum Gasteiger partial charge on any atom is -0.402 e. The average Bonchev–Trinajstić information content (AvgIpc) is 2.59. The number of hydrogen-bond acceptors (Lipinski definition) is 7. The Morgan fingerprint density at radius 2 is 1.85 bits per heavy atom. The fourth-order valence-corrected chi connectivity index (χ4v) is 2.48. The zero-order chi connectivity index (χ0) is 20.0. The van der Waals surface area contributed by atoms with Crippen LogP contribution in [0.25, 0.3) is 0 Å². The molecule has 8 N–H and O–H groups in total. The SMILES string of the molecule is CC(N)=CC(=S)Nc1nc(N[C@@H](C(N)=O)c2ccccc2)cnc1C(N)=O. The smallest absolute Gasteiger partial charge is 0.271 e. The lowest BCUT2D eigenvalue weighted by atomic mass is 10.1. The number of allylic oxidation sites excluding steroid dienone is 1. The first kappa shape index (κ1) is 19.8. The van der Waals surface area contributed by atoms with Gasteiger partial charge in [0.25, 0.3) is 5.91 Å². The van der Waals surface area contributed by atoms with Crippen LogP contribution in [0.15, 0.2) is 48.3 Å². The van der Waals surface area contributed by atoms with Gasteiger partial charge in [0.15, 0.2) is 11.5 Å². The number of carbonyl (C=O) groups is 2. The molecule has 0 bridgehead atoms. The Morgan fingerprint density at radius 1 is 1.19 bits per heavy atom. The molecule has 0 fully saturated rings. The molecule has 0 aliphatic heterocycles. The van der Waals surface area contributed by atoms with Gasteiger partial charge in [0, 0.05) is 5.70 Å². The van der Waals surface area contributed by atoms with Crippen LogP contribution in [0.1, 0.15) is 29.0 Å². The Hall–Kier alpha value is -3.53. The zero-order valence-corrected chi connectivity index (χ0v) is 15.3. The van der Waals surface area contributed by atoms with Gasteiger partial charge in [-0.1, -0.05) is 42.5 Å². The van der Waals surface area contributed by atoms with Crippen LogP contribution in [-0.2, 0) is 4.79 Å². The standard InChI is InChI=1S/C17H19N7O2S/c1-9(18)7-12(27)24-17-14(16(20)26)21-8-11(23-17)22-13(15(19)25)10-5-3-2-4-6-10/h2-8,13H,18H2,1H3,(H2,19,25)(H2,20,26)(H2,22,23,24,27)/t13-/m1/s1. The monoisotopic (exact) mass is 385 g/mol. The van der Waals surface area contributed by atoms with Gasteiger partial charge in [0.2, 0.25) is 5.91 Å². The summed E-state index contributed by atoms with van der Waals surface area (Å²) in [5.74, 6) is -1.16. The molecular weight excluding hydrogens is 366 g/mol. The van der Waals surface area contributed by atoms with Crippen molar-refractivity contribution in [3.05, 3.63) is 59.6 Å². The molecule has 2 amide bonds. The van der Waals surface area contributed by atoms with Gasteiger partial charge < -0.3 is 27.8 Å². The number of nitrogens with zero attached hydrogens (tertiary/aromatic N) is 2. The number of aromatic nitrogens is 2. The van der Waals surface area contributed by atoms with Crippen molar-refractivity contribution in [2.75, 3.05) is 10.6 Å². The van der Waals surface area contributed by atoms with Crippen molar-refractivity contribution < 1.29 is 9.59 Å². The summed E-state index contributed by atoms with van der Waals surface area (Å²) in [6.07, 6.45) is 2.76. The van der Waals surface area contributed by atoms with Crippen molar-refractivity contribution in [2.45, 2.75) is 13.0 Å². The molecule has 140 valence electrons. The summed E-state index contributed by atoms with van der Waals surface area (Å²) >= 11 is 5.13. The summed E-state index contributed by atoms with van der Waals surface area (Å²) in [6, 6.07) is 8.03. The van der Waals surface area contributed by atoms with Crippen molar-refractivity contribution in [1.29, 1.82) is 0 Å². The maximum atomic E-state index is 11.8. The molecule has 9 nitrogen and oxygen atoms in total. The van der Waals surface area contributed by atoms with E-state index in [1.165, 1.54) is 12.3 Å². The quantitative estimate of drug-likeness (QED) is 0.345. The third-order valence-corrected chi connectivity index (χ3v) is 3.54. The van der Waals surface area contributed by atoms with E-state index in [2.05, 4.69) is 20.6 Å². The van der Waals surface area contributed by atoms with Crippen LogP contribution in [-0.4, -0.2) is 26.8 Å². The van der Waals surface area contributed by atoms with Gasteiger partial charge in [0.1, 0.15) is 16.8 Å². The number of nitrogens with one attached hydrogen (secondary N) is 2. The fourth-order valence-electron chi connectivity index (χ4n) is 2.20. The molecule has 0 aliphatic rings. The number of thiocarbonyl (C=S) groups is 1. The summed E-state index contributed by atoms with van der Waals surface area (Å²) in [6.45, 7) is 1.66. The molecule has 2 aromatic rings. The molecule has 0 saturated carbocycles. The van der Waals surface area contributed by atoms with Crippen LogP contribution in [0.3, 0.4) is 0 Å². The lowest BCUT2D eigenvalue weighted by Gasteiger charge is -2.17. The van der Waals surface area contributed by atoms with Gasteiger partial charge in [-0.15, -0.1) is 0 Å². The van der Waals surface area contributed by atoms with Crippen molar-refractivity contribution in [1.82, 2.24) is 9.97 Å². The van der Waals surface area contributed by atoms with Gasteiger partial charge in [0.05, 0.1) is 6.20 Å². The van der Waals surface area contributed by atoms with E-state index in [0.717, 1.165) is 0 Å². The first-order valence-electron chi connectivity index (χ1n) is 7.80. The molecule has 10 heteroatoms. The van der Waals surface area contributed by atoms with E-state index in [0.29, 0.717) is 11.3 Å². The van der Waals surface area contributed by atoms with Gasteiger partial charge in [-0.25, -0.2) is 9.97 Å². The van der Waals surface area contributed by atoms with Gasteiger partial charge in [-0.2, -0.15) is 0 Å². The minimum absolute atomic E-state index is 0.0336. The number of benzene rings is 1. The topological polar surface area (TPSA) is 162 Å². The summed E-state index contributed by atoms with van der Waals surface area (Å²) in [4.78, 5) is 31.9. The van der Waals surface area contributed by atoms with Gasteiger partial charge in [-0.3, -0.25) is 9.59 Å². The number of amides is 2. The van der Waals surface area contributed by atoms with E-state index in [1.807, 2.05) is 6.07 Å².